The van der Waals surface area contributed by atoms with Crippen molar-refractivity contribution in [2.75, 3.05) is 7.11 Å². The molecule has 0 radical (unpaired) electrons. The Labute approximate surface area is 85.3 Å². The SMILES string of the molecule is COC(=O)[C@H]1C[C@@H]2C(C)(C)C=C[C@]12C. The van der Waals surface area contributed by atoms with Gasteiger partial charge < -0.3 is 4.74 Å². The quantitative estimate of drug-likeness (QED) is 0.473. The van der Waals surface area contributed by atoms with Crippen LogP contribution in [0.5, 0.6) is 0 Å². The lowest BCUT2D eigenvalue weighted by Crippen LogP contribution is -2.51. The van der Waals surface area contributed by atoms with Crippen molar-refractivity contribution in [3.8, 4) is 0 Å². The number of carbonyl (C=O) groups excluding carboxylic acids is 1. The van der Waals surface area contributed by atoms with Crippen LogP contribution in [0, 0.1) is 22.7 Å². The van der Waals surface area contributed by atoms with Gasteiger partial charge in [0, 0.05) is 5.41 Å². The first-order valence-electron chi connectivity index (χ1n) is 5.20. The van der Waals surface area contributed by atoms with Gasteiger partial charge in [0.15, 0.2) is 0 Å². The van der Waals surface area contributed by atoms with Crippen LogP contribution in [0.25, 0.3) is 0 Å². The van der Waals surface area contributed by atoms with Gasteiger partial charge in [-0.2, -0.15) is 0 Å². The molecule has 1 fully saturated rings. The maximum Gasteiger partial charge on any atom is 0.309 e. The highest BCUT2D eigenvalue weighted by molar-refractivity contribution is 5.75. The Morgan fingerprint density at radius 2 is 2.00 bits per heavy atom. The smallest absolute Gasteiger partial charge is 0.309 e. The van der Waals surface area contributed by atoms with E-state index >= 15 is 0 Å². The minimum Gasteiger partial charge on any atom is -0.469 e. The lowest BCUT2D eigenvalue weighted by Gasteiger charge is -2.52. The highest BCUT2D eigenvalue weighted by atomic mass is 16.5. The Balaban J connectivity index is 2.20. The Bertz CT molecular complexity index is 303. The zero-order valence-electron chi connectivity index (χ0n) is 9.33. The Kier molecular flexibility index (Phi) is 1.82. The normalized spacial score (nSPS) is 42.9. The van der Waals surface area contributed by atoms with Crippen molar-refractivity contribution < 1.29 is 9.53 Å². The van der Waals surface area contributed by atoms with Gasteiger partial charge >= 0.3 is 5.97 Å². The summed E-state index contributed by atoms with van der Waals surface area (Å²) in [5.74, 6) is 0.640. The molecule has 0 unspecified atom stereocenters. The molecule has 3 atom stereocenters. The number of methoxy groups -OCH3 is 1. The summed E-state index contributed by atoms with van der Waals surface area (Å²) >= 11 is 0. The van der Waals surface area contributed by atoms with Crippen molar-refractivity contribution in [2.45, 2.75) is 27.2 Å². The average molecular weight is 194 g/mol. The molecule has 0 N–H and O–H groups in total. The van der Waals surface area contributed by atoms with Crippen molar-refractivity contribution >= 4 is 5.97 Å². The summed E-state index contributed by atoms with van der Waals surface area (Å²) in [5.41, 5.74) is 0.301. The number of allylic oxidation sites excluding steroid dienone is 2. The van der Waals surface area contributed by atoms with Gasteiger partial charge in [-0.25, -0.2) is 0 Å². The largest absolute Gasteiger partial charge is 0.469 e. The van der Waals surface area contributed by atoms with Gasteiger partial charge in [-0.05, 0) is 17.8 Å². The van der Waals surface area contributed by atoms with Gasteiger partial charge in [-0.1, -0.05) is 32.9 Å². The second kappa shape index (κ2) is 2.62. The molecule has 0 amide bonds. The first kappa shape index (κ1) is 9.75. The van der Waals surface area contributed by atoms with Gasteiger partial charge in [0.05, 0.1) is 13.0 Å². The van der Waals surface area contributed by atoms with Crippen LogP contribution < -0.4 is 0 Å². The molecule has 2 aliphatic carbocycles. The molecule has 0 saturated heterocycles. The van der Waals surface area contributed by atoms with Crippen molar-refractivity contribution in [3.05, 3.63) is 12.2 Å². The standard InChI is InChI=1S/C12H18O2/c1-11(2)5-6-12(3)8(7-9(11)12)10(13)14-4/h5-6,8-9H,7H2,1-4H3/t8-,9-,12-/m1/s1. The molecule has 0 heterocycles. The lowest BCUT2D eigenvalue weighted by molar-refractivity contribution is -0.162. The molecule has 2 nitrogen and oxygen atoms in total. The van der Waals surface area contributed by atoms with Crippen molar-refractivity contribution in [1.82, 2.24) is 0 Å². The van der Waals surface area contributed by atoms with E-state index in [0.717, 1.165) is 6.42 Å². The fourth-order valence-electron chi connectivity index (χ4n) is 3.17. The van der Waals surface area contributed by atoms with Gasteiger partial charge in [0.25, 0.3) is 0 Å². The van der Waals surface area contributed by atoms with Gasteiger partial charge in [0.2, 0.25) is 0 Å². The van der Waals surface area contributed by atoms with E-state index in [4.69, 9.17) is 4.74 Å². The summed E-state index contributed by atoms with van der Waals surface area (Å²) in [4.78, 5) is 11.5. The number of hydrogen-bond acceptors (Lipinski definition) is 2. The molecule has 78 valence electrons. The molecule has 0 bridgehead atoms. The second-order valence-electron chi connectivity index (χ2n) is 5.38. The van der Waals surface area contributed by atoms with Crippen LogP contribution in [0.2, 0.25) is 0 Å². The second-order valence-corrected chi connectivity index (χ2v) is 5.38. The van der Waals surface area contributed by atoms with E-state index in [-0.39, 0.29) is 22.7 Å². The third kappa shape index (κ3) is 0.999. The summed E-state index contributed by atoms with van der Waals surface area (Å²) in [6.45, 7) is 6.66. The minimum absolute atomic E-state index is 0.0499. The minimum atomic E-state index is -0.0499. The molecule has 14 heavy (non-hydrogen) atoms. The molecule has 0 aromatic heterocycles. The van der Waals surface area contributed by atoms with Gasteiger partial charge in [0.1, 0.15) is 0 Å². The number of esters is 1. The van der Waals surface area contributed by atoms with Crippen LogP contribution in [0.1, 0.15) is 27.2 Å². The average Bonchev–Trinajstić information content (AvgIpc) is 2.26. The number of rotatable bonds is 1. The van der Waals surface area contributed by atoms with E-state index in [1.165, 1.54) is 7.11 Å². The van der Waals surface area contributed by atoms with E-state index in [1.54, 1.807) is 0 Å². The van der Waals surface area contributed by atoms with Crippen molar-refractivity contribution in [3.63, 3.8) is 0 Å². The molecular formula is C12H18O2. The van der Waals surface area contributed by atoms with Gasteiger partial charge in [-0.3, -0.25) is 4.79 Å². The molecular weight excluding hydrogens is 176 g/mol. The summed E-state index contributed by atoms with van der Waals surface area (Å²) in [6, 6.07) is 0. The monoisotopic (exact) mass is 194 g/mol. The highest BCUT2D eigenvalue weighted by Crippen LogP contribution is 2.64. The summed E-state index contributed by atoms with van der Waals surface area (Å²) in [7, 11) is 1.48. The predicted molar refractivity (Wildman–Crippen MR) is 54.6 cm³/mol. The predicted octanol–water partition coefficient (Wildman–Crippen LogP) is 2.40. The first-order valence-corrected chi connectivity index (χ1v) is 5.20. The zero-order chi connectivity index (χ0) is 10.6. The zero-order valence-corrected chi connectivity index (χ0v) is 9.33. The molecule has 0 aromatic rings. The Hall–Kier alpha value is -0.790. The topological polar surface area (TPSA) is 26.3 Å². The molecule has 0 aliphatic heterocycles. The van der Waals surface area contributed by atoms with E-state index in [0.29, 0.717) is 5.92 Å². The third-order valence-corrected chi connectivity index (χ3v) is 4.23. The fraction of sp³-hybridized carbons (Fsp3) is 0.750. The van der Waals surface area contributed by atoms with Crippen LogP contribution in [-0.2, 0) is 9.53 Å². The Morgan fingerprint density at radius 3 is 2.50 bits per heavy atom. The number of hydrogen-bond donors (Lipinski definition) is 0. The lowest BCUT2D eigenvalue weighted by atomic mass is 9.51. The fourth-order valence-corrected chi connectivity index (χ4v) is 3.17. The summed E-state index contributed by atoms with van der Waals surface area (Å²) in [5, 5.41) is 0. The maximum atomic E-state index is 11.5. The maximum absolute atomic E-state index is 11.5. The molecule has 2 rings (SSSR count). The molecule has 2 heteroatoms. The number of ether oxygens (including phenoxy) is 1. The van der Waals surface area contributed by atoms with Crippen LogP contribution in [0.3, 0.4) is 0 Å². The molecule has 0 aromatic carbocycles. The third-order valence-electron chi connectivity index (χ3n) is 4.23. The molecule has 1 saturated carbocycles. The van der Waals surface area contributed by atoms with E-state index in [9.17, 15) is 4.79 Å². The van der Waals surface area contributed by atoms with E-state index < -0.39 is 0 Å². The van der Waals surface area contributed by atoms with Crippen LogP contribution in [0.4, 0.5) is 0 Å². The van der Waals surface area contributed by atoms with Crippen LogP contribution >= 0.6 is 0 Å². The Morgan fingerprint density at radius 1 is 1.36 bits per heavy atom. The van der Waals surface area contributed by atoms with Crippen molar-refractivity contribution in [1.29, 1.82) is 0 Å². The van der Waals surface area contributed by atoms with E-state index in [2.05, 4.69) is 32.9 Å². The number of carbonyl (C=O) groups is 1. The summed E-state index contributed by atoms with van der Waals surface area (Å²) < 4.78 is 4.82. The summed E-state index contributed by atoms with van der Waals surface area (Å²) in [6.07, 6.45) is 5.44. The first-order chi connectivity index (χ1) is 6.42. The highest BCUT2D eigenvalue weighted by Gasteiger charge is 2.61. The van der Waals surface area contributed by atoms with Gasteiger partial charge in [-0.15, -0.1) is 0 Å². The van der Waals surface area contributed by atoms with Crippen molar-refractivity contribution in [2.24, 2.45) is 22.7 Å². The molecule has 2 aliphatic rings. The van der Waals surface area contributed by atoms with Crippen LogP contribution in [0.15, 0.2) is 12.2 Å². The van der Waals surface area contributed by atoms with E-state index in [1.807, 2.05) is 0 Å². The molecule has 0 spiro atoms. The van der Waals surface area contributed by atoms with Crippen LogP contribution in [-0.4, -0.2) is 13.1 Å². The number of fused-ring (bicyclic) bond motifs is 1.